The maximum Gasteiger partial charge on any atom is 0.306 e. The molecule has 6 heteroatoms. The lowest BCUT2D eigenvalue weighted by molar-refractivity contribution is -0.151. The fourth-order valence-corrected chi connectivity index (χ4v) is 7.85. The van der Waals surface area contributed by atoms with Gasteiger partial charge in [0, 0.05) is 6.42 Å². The van der Waals surface area contributed by atoms with E-state index in [-0.39, 0.29) is 24.9 Å². The first-order valence-corrected chi connectivity index (χ1v) is 26.6. The third kappa shape index (κ3) is 44.2. The number of esters is 1. The monoisotopic (exact) mass is 868 g/mol. The summed E-state index contributed by atoms with van der Waals surface area (Å²) in [6, 6.07) is -0.712. The van der Waals surface area contributed by atoms with E-state index in [0.29, 0.717) is 19.3 Å². The lowest BCUT2D eigenvalue weighted by Gasteiger charge is -2.24. The number of carbonyl (C=O) groups is 2. The number of nitrogens with one attached hydrogen (secondary N) is 1. The van der Waals surface area contributed by atoms with E-state index in [2.05, 4.69) is 86.8 Å². The van der Waals surface area contributed by atoms with Crippen molar-refractivity contribution in [2.24, 2.45) is 0 Å². The SMILES string of the molecule is CCCCC/C=C/C=C/C=C/C=C/CCCCCCCC(=O)OC(CCCCC/C=C/CCCCCCCCC)CC(=O)NC(CO)C(O)CCCCCCCCCCCCC. The van der Waals surface area contributed by atoms with Gasteiger partial charge in [-0.1, -0.05) is 229 Å². The summed E-state index contributed by atoms with van der Waals surface area (Å²) in [5, 5.41) is 23.7. The van der Waals surface area contributed by atoms with Crippen LogP contribution in [0.1, 0.15) is 258 Å². The van der Waals surface area contributed by atoms with Gasteiger partial charge in [-0.25, -0.2) is 0 Å². The summed E-state index contributed by atoms with van der Waals surface area (Å²) in [6.07, 6.45) is 61.3. The Balaban J connectivity index is 4.64. The van der Waals surface area contributed by atoms with Gasteiger partial charge in [0.1, 0.15) is 6.10 Å². The van der Waals surface area contributed by atoms with Crippen molar-refractivity contribution in [3.05, 3.63) is 60.8 Å². The predicted molar refractivity (Wildman–Crippen MR) is 268 cm³/mol. The van der Waals surface area contributed by atoms with Gasteiger partial charge in [0.15, 0.2) is 0 Å². The standard InChI is InChI=1S/C56H101NO5/c1-4-7-10-13-16-19-22-24-26-27-28-29-31-34-37-40-43-46-49-56(61)62-52(47-44-41-38-35-33-30-25-23-20-17-14-11-8-5-2)50-55(60)57-53(51-58)54(59)48-45-42-39-36-32-21-18-15-12-9-6-3/h16,19,22,24,26-30,33,52-54,58-59H,4-15,17-18,20-21,23,25,31-32,34-51H2,1-3H3,(H,57,60)/b19-16+,24-22+,27-26+,29-28+,33-30+. The minimum absolute atomic E-state index is 0.0565. The van der Waals surface area contributed by atoms with Crippen LogP contribution in [0.5, 0.6) is 0 Å². The summed E-state index contributed by atoms with van der Waals surface area (Å²) in [5.41, 5.74) is 0. The predicted octanol–water partition coefficient (Wildman–Crippen LogP) is 16.0. The highest BCUT2D eigenvalue weighted by Gasteiger charge is 2.24. The first-order valence-electron chi connectivity index (χ1n) is 26.6. The normalized spacial score (nSPS) is 13.7. The van der Waals surface area contributed by atoms with Gasteiger partial charge in [-0.05, 0) is 77.0 Å². The average Bonchev–Trinajstić information content (AvgIpc) is 3.26. The van der Waals surface area contributed by atoms with Crippen molar-refractivity contribution in [2.45, 2.75) is 277 Å². The molecular formula is C56H101NO5. The third-order valence-electron chi connectivity index (χ3n) is 11.9. The molecule has 0 saturated carbocycles. The zero-order valence-corrected chi connectivity index (χ0v) is 41.0. The Morgan fingerprint density at radius 1 is 0.468 bits per heavy atom. The van der Waals surface area contributed by atoms with Crippen LogP contribution >= 0.6 is 0 Å². The van der Waals surface area contributed by atoms with Crippen molar-refractivity contribution in [1.82, 2.24) is 5.32 Å². The molecule has 0 radical (unpaired) electrons. The van der Waals surface area contributed by atoms with Crippen molar-refractivity contribution < 1.29 is 24.5 Å². The van der Waals surface area contributed by atoms with E-state index in [1.807, 2.05) is 0 Å². The highest BCUT2D eigenvalue weighted by molar-refractivity contribution is 5.77. The van der Waals surface area contributed by atoms with Gasteiger partial charge in [0.2, 0.25) is 5.91 Å². The highest BCUT2D eigenvalue weighted by Crippen LogP contribution is 2.17. The van der Waals surface area contributed by atoms with Crippen molar-refractivity contribution in [1.29, 1.82) is 0 Å². The van der Waals surface area contributed by atoms with Gasteiger partial charge in [0.05, 0.1) is 25.2 Å². The molecule has 0 spiro atoms. The molecule has 0 saturated heterocycles. The molecule has 0 aliphatic carbocycles. The van der Waals surface area contributed by atoms with Crippen molar-refractivity contribution in [3.8, 4) is 0 Å². The van der Waals surface area contributed by atoms with Gasteiger partial charge in [0.25, 0.3) is 0 Å². The van der Waals surface area contributed by atoms with Crippen molar-refractivity contribution >= 4 is 11.9 Å². The molecule has 62 heavy (non-hydrogen) atoms. The van der Waals surface area contributed by atoms with Gasteiger partial charge < -0.3 is 20.3 Å². The molecule has 0 aromatic heterocycles. The van der Waals surface area contributed by atoms with Crippen LogP contribution in [-0.4, -0.2) is 46.9 Å². The van der Waals surface area contributed by atoms with Crippen LogP contribution in [0.15, 0.2) is 60.8 Å². The molecule has 0 heterocycles. The lowest BCUT2D eigenvalue weighted by atomic mass is 10.0. The van der Waals surface area contributed by atoms with E-state index in [4.69, 9.17) is 4.74 Å². The number of aliphatic hydroxyl groups excluding tert-OH is 2. The van der Waals surface area contributed by atoms with Crippen molar-refractivity contribution in [3.63, 3.8) is 0 Å². The lowest BCUT2D eigenvalue weighted by Crippen LogP contribution is -2.46. The Morgan fingerprint density at radius 3 is 1.34 bits per heavy atom. The van der Waals surface area contributed by atoms with Crippen LogP contribution in [0.4, 0.5) is 0 Å². The molecule has 3 N–H and O–H groups in total. The number of hydrogen-bond acceptors (Lipinski definition) is 5. The first kappa shape index (κ1) is 59.6. The molecule has 3 atom stereocenters. The molecule has 0 aliphatic rings. The number of carbonyl (C=O) groups excluding carboxylic acids is 2. The summed E-state index contributed by atoms with van der Waals surface area (Å²) >= 11 is 0. The van der Waals surface area contributed by atoms with Crippen LogP contribution in [0.3, 0.4) is 0 Å². The van der Waals surface area contributed by atoms with Crippen LogP contribution in [0.2, 0.25) is 0 Å². The topological polar surface area (TPSA) is 95.9 Å². The molecule has 0 rings (SSSR count). The molecule has 0 aromatic rings. The maximum atomic E-state index is 13.2. The smallest absolute Gasteiger partial charge is 0.306 e. The zero-order chi connectivity index (χ0) is 45.2. The number of hydrogen-bond donors (Lipinski definition) is 3. The number of amides is 1. The molecule has 6 nitrogen and oxygen atoms in total. The number of ether oxygens (including phenoxy) is 1. The minimum atomic E-state index is -0.796. The molecule has 1 amide bonds. The average molecular weight is 868 g/mol. The molecular weight excluding hydrogens is 767 g/mol. The molecule has 0 bridgehead atoms. The largest absolute Gasteiger partial charge is 0.462 e. The Kier molecular flexibility index (Phi) is 47.6. The van der Waals surface area contributed by atoms with Crippen LogP contribution in [0, 0.1) is 0 Å². The molecule has 3 unspecified atom stereocenters. The van der Waals surface area contributed by atoms with Crippen LogP contribution in [0.25, 0.3) is 0 Å². The van der Waals surface area contributed by atoms with Crippen molar-refractivity contribution in [2.75, 3.05) is 6.61 Å². The Morgan fingerprint density at radius 2 is 0.839 bits per heavy atom. The highest BCUT2D eigenvalue weighted by atomic mass is 16.5. The van der Waals surface area contributed by atoms with Crippen LogP contribution < -0.4 is 5.32 Å². The minimum Gasteiger partial charge on any atom is -0.462 e. The van der Waals surface area contributed by atoms with E-state index in [0.717, 1.165) is 96.3 Å². The number of unbranched alkanes of at least 4 members (excludes halogenated alkanes) is 28. The summed E-state index contributed by atoms with van der Waals surface area (Å²) in [7, 11) is 0. The third-order valence-corrected chi connectivity index (χ3v) is 11.9. The number of aliphatic hydroxyl groups is 2. The van der Waals surface area contributed by atoms with Gasteiger partial charge in [-0.3, -0.25) is 9.59 Å². The Hall–Kier alpha value is -2.44. The second kappa shape index (κ2) is 49.6. The molecule has 0 aliphatic heterocycles. The van der Waals surface area contributed by atoms with Gasteiger partial charge in [-0.15, -0.1) is 0 Å². The van der Waals surface area contributed by atoms with Gasteiger partial charge >= 0.3 is 5.97 Å². The molecule has 0 fully saturated rings. The van der Waals surface area contributed by atoms with Gasteiger partial charge in [-0.2, -0.15) is 0 Å². The van der Waals surface area contributed by atoms with E-state index >= 15 is 0 Å². The first-order chi connectivity index (χ1) is 30.5. The molecule has 360 valence electrons. The maximum absolute atomic E-state index is 13.2. The number of rotatable bonds is 47. The van der Waals surface area contributed by atoms with E-state index in [9.17, 15) is 19.8 Å². The summed E-state index contributed by atoms with van der Waals surface area (Å²) < 4.78 is 5.92. The quantitative estimate of drug-likeness (QED) is 0.0245. The fourth-order valence-electron chi connectivity index (χ4n) is 7.85. The van der Waals surface area contributed by atoms with Crippen LogP contribution in [-0.2, 0) is 14.3 Å². The zero-order valence-electron chi connectivity index (χ0n) is 41.0. The molecule has 0 aromatic carbocycles. The summed E-state index contributed by atoms with van der Waals surface area (Å²) in [5.74, 6) is -0.512. The second-order valence-corrected chi connectivity index (χ2v) is 18.0. The van der Waals surface area contributed by atoms with E-state index in [1.54, 1.807) is 0 Å². The fraction of sp³-hybridized carbons (Fsp3) is 0.786. The second-order valence-electron chi connectivity index (χ2n) is 18.0. The van der Waals surface area contributed by atoms with E-state index < -0.39 is 18.2 Å². The number of allylic oxidation sites excluding steroid dienone is 10. The summed E-state index contributed by atoms with van der Waals surface area (Å²) in [6.45, 7) is 6.43. The van der Waals surface area contributed by atoms with E-state index in [1.165, 1.54) is 116 Å². The Labute approximate surface area is 384 Å². The summed E-state index contributed by atoms with van der Waals surface area (Å²) in [4.78, 5) is 26.2. The Bertz CT molecular complexity index is 1110.